The standard InChI is InChI=1S/C16H19BrN2O2/c1-3-14-12(9-16(20)21)15(4-2)19(18-14)10-11-7-5-6-8-13(11)17/h5-8H,3-4,9-10H2,1-2H3,(H,20,21). The van der Waals surface area contributed by atoms with Crippen molar-refractivity contribution in [2.75, 3.05) is 0 Å². The summed E-state index contributed by atoms with van der Waals surface area (Å²) in [6.07, 6.45) is 1.57. The fraction of sp³-hybridized carbons (Fsp3) is 0.375. The zero-order valence-corrected chi connectivity index (χ0v) is 13.9. The van der Waals surface area contributed by atoms with Crippen LogP contribution in [0.1, 0.15) is 36.4 Å². The fourth-order valence-electron chi connectivity index (χ4n) is 2.54. The molecule has 0 aliphatic heterocycles. The highest BCUT2D eigenvalue weighted by molar-refractivity contribution is 9.10. The van der Waals surface area contributed by atoms with Crippen LogP contribution in [0.25, 0.3) is 0 Å². The number of rotatable bonds is 6. The third-order valence-electron chi connectivity index (χ3n) is 3.53. The summed E-state index contributed by atoms with van der Waals surface area (Å²) in [6.45, 7) is 4.70. The summed E-state index contributed by atoms with van der Waals surface area (Å²) in [4.78, 5) is 11.1. The van der Waals surface area contributed by atoms with E-state index in [1.165, 1.54) is 0 Å². The second kappa shape index (κ2) is 6.89. The minimum Gasteiger partial charge on any atom is -0.481 e. The van der Waals surface area contributed by atoms with Gasteiger partial charge >= 0.3 is 5.97 Å². The predicted molar refractivity (Wildman–Crippen MR) is 85.6 cm³/mol. The van der Waals surface area contributed by atoms with E-state index in [0.29, 0.717) is 6.54 Å². The molecule has 0 radical (unpaired) electrons. The second-order valence-electron chi connectivity index (χ2n) is 4.90. The number of aromatic nitrogens is 2. The first-order chi connectivity index (χ1) is 10.1. The van der Waals surface area contributed by atoms with E-state index in [4.69, 9.17) is 5.11 Å². The number of benzene rings is 1. The Bertz CT molecular complexity index is 650. The van der Waals surface area contributed by atoms with Crippen LogP contribution < -0.4 is 0 Å². The van der Waals surface area contributed by atoms with Crippen LogP contribution in [0.4, 0.5) is 0 Å². The lowest BCUT2D eigenvalue weighted by atomic mass is 10.1. The van der Waals surface area contributed by atoms with E-state index >= 15 is 0 Å². The second-order valence-corrected chi connectivity index (χ2v) is 5.75. The molecule has 112 valence electrons. The van der Waals surface area contributed by atoms with Gasteiger partial charge in [0.05, 0.1) is 18.7 Å². The maximum Gasteiger partial charge on any atom is 0.307 e. The summed E-state index contributed by atoms with van der Waals surface area (Å²) in [6, 6.07) is 8.02. The number of hydrogen-bond donors (Lipinski definition) is 1. The summed E-state index contributed by atoms with van der Waals surface area (Å²) < 4.78 is 2.98. The van der Waals surface area contributed by atoms with E-state index in [-0.39, 0.29) is 6.42 Å². The highest BCUT2D eigenvalue weighted by Gasteiger charge is 2.18. The monoisotopic (exact) mass is 350 g/mol. The molecule has 0 unspecified atom stereocenters. The normalized spacial score (nSPS) is 10.8. The van der Waals surface area contributed by atoms with Crippen molar-refractivity contribution in [1.82, 2.24) is 9.78 Å². The van der Waals surface area contributed by atoms with Crippen LogP contribution in [-0.2, 0) is 30.6 Å². The molecule has 0 saturated heterocycles. The van der Waals surface area contributed by atoms with Crippen molar-refractivity contribution in [2.24, 2.45) is 0 Å². The molecule has 0 aliphatic carbocycles. The van der Waals surface area contributed by atoms with Gasteiger partial charge in [0.15, 0.2) is 0 Å². The molecule has 0 aliphatic rings. The van der Waals surface area contributed by atoms with Crippen LogP contribution in [0, 0.1) is 0 Å². The van der Waals surface area contributed by atoms with Crippen LogP contribution in [0.3, 0.4) is 0 Å². The fourth-order valence-corrected chi connectivity index (χ4v) is 2.95. The largest absolute Gasteiger partial charge is 0.481 e. The van der Waals surface area contributed by atoms with Gasteiger partial charge in [-0.05, 0) is 24.5 Å². The summed E-state index contributed by atoms with van der Waals surface area (Å²) in [7, 11) is 0. The first-order valence-corrected chi connectivity index (χ1v) is 7.88. The van der Waals surface area contributed by atoms with Gasteiger partial charge in [0.25, 0.3) is 0 Å². The molecular formula is C16H19BrN2O2. The molecule has 1 N–H and O–H groups in total. The molecule has 4 nitrogen and oxygen atoms in total. The van der Waals surface area contributed by atoms with E-state index in [1.54, 1.807) is 0 Å². The molecule has 0 saturated carbocycles. The molecule has 1 aromatic heterocycles. The SMILES string of the molecule is CCc1nn(Cc2ccccc2Br)c(CC)c1CC(=O)O. The topological polar surface area (TPSA) is 55.1 Å². The van der Waals surface area contributed by atoms with Gasteiger partial charge in [-0.2, -0.15) is 5.10 Å². The third kappa shape index (κ3) is 3.53. The van der Waals surface area contributed by atoms with E-state index in [0.717, 1.165) is 39.8 Å². The van der Waals surface area contributed by atoms with Crippen molar-refractivity contribution in [1.29, 1.82) is 0 Å². The van der Waals surface area contributed by atoms with Gasteiger partial charge < -0.3 is 5.11 Å². The maximum absolute atomic E-state index is 11.1. The van der Waals surface area contributed by atoms with Gasteiger partial charge in [-0.3, -0.25) is 9.48 Å². The zero-order chi connectivity index (χ0) is 15.4. The van der Waals surface area contributed by atoms with Crippen LogP contribution in [-0.4, -0.2) is 20.9 Å². The molecule has 1 heterocycles. The molecule has 0 amide bonds. The van der Waals surface area contributed by atoms with Crippen molar-refractivity contribution in [2.45, 2.75) is 39.7 Å². The Morgan fingerprint density at radius 1 is 1.29 bits per heavy atom. The summed E-state index contributed by atoms with van der Waals surface area (Å²) in [5, 5.41) is 13.7. The number of nitrogens with zero attached hydrogens (tertiary/aromatic N) is 2. The summed E-state index contributed by atoms with van der Waals surface area (Å²) >= 11 is 3.55. The Hall–Kier alpha value is -1.62. The number of aryl methyl sites for hydroxylation is 1. The molecule has 0 bridgehead atoms. The van der Waals surface area contributed by atoms with Gasteiger partial charge in [-0.15, -0.1) is 0 Å². The summed E-state index contributed by atoms with van der Waals surface area (Å²) in [5.74, 6) is -0.806. The number of carboxylic acid groups (broad SMARTS) is 1. The van der Waals surface area contributed by atoms with Gasteiger partial charge in [0.2, 0.25) is 0 Å². The number of carboxylic acids is 1. The molecule has 0 spiro atoms. The Morgan fingerprint density at radius 3 is 2.57 bits per heavy atom. The quantitative estimate of drug-likeness (QED) is 0.867. The van der Waals surface area contributed by atoms with Gasteiger partial charge in [-0.1, -0.05) is 48.0 Å². The van der Waals surface area contributed by atoms with Gasteiger partial charge in [-0.25, -0.2) is 0 Å². The molecule has 21 heavy (non-hydrogen) atoms. The van der Waals surface area contributed by atoms with Crippen molar-refractivity contribution in [3.63, 3.8) is 0 Å². The highest BCUT2D eigenvalue weighted by atomic mass is 79.9. The average Bonchev–Trinajstić information content (AvgIpc) is 2.77. The molecule has 0 fully saturated rings. The van der Waals surface area contributed by atoms with E-state index in [2.05, 4.69) is 21.0 Å². The van der Waals surface area contributed by atoms with E-state index in [9.17, 15) is 4.79 Å². The van der Waals surface area contributed by atoms with Crippen LogP contribution in [0.2, 0.25) is 0 Å². The zero-order valence-electron chi connectivity index (χ0n) is 12.3. The lowest BCUT2D eigenvalue weighted by Gasteiger charge is -2.09. The van der Waals surface area contributed by atoms with Crippen molar-refractivity contribution >= 4 is 21.9 Å². The molecular weight excluding hydrogens is 332 g/mol. The minimum atomic E-state index is -0.806. The van der Waals surface area contributed by atoms with Crippen molar-refractivity contribution < 1.29 is 9.90 Å². The molecule has 5 heteroatoms. The smallest absolute Gasteiger partial charge is 0.307 e. The Labute approximate surface area is 132 Å². The highest BCUT2D eigenvalue weighted by Crippen LogP contribution is 2.21. The first-order valence-electron chi connectivity index (χ1n) is 7.09. The average molecular weight is 351 g/mol. The Morgan fingerprint density at radius 2 is 2.00 bits per heavy atom. The summed E-state index contributed by atoms with van der Waals surface area (Å²) in [5.41, 5.74) is 3.92. The number of aliphatic carboxylic acids is 1. The van der Waals surface area contributed by atoms with Gasteiger partial charge in [0, 0.05) is 15.7 Å². The van der Waals surface area contributed by atoms with Crippen LogP contribution >= 0.6 is 15.9 Å². The maximum atomic E-state index is 11.1. The predicted octanol–water partition coefficient (Wildman–Crippen LogP) is 3.45. The number of halogens is 1. The lowest BCUT2D eigenvalue weighted by Crippen LogP contribution is -2.08. The van der Waals surface area contributed by atoms with E-state index in [1.807, 2.05) is 42.8 Å². The third-order valence-corrected chi connectivity index (χ3v) is 4.30. The Kier molecular flexibility index (Phi) is 5.17. The molecule has 1 aromatic carbocycles. The molecule has 2 rings (SSSR count). The molecule has 2 aromatic rings. The van der Waals surface area contributed by atoms with E-state index < -0.39 is 5.97 Å². The van der Waals surface area contributed by atoms with Crippen LogP contribution in [0.15, 0.2) is 28.7 Å². The van der Waals surface area contributed by atoms with Crippen LogP contribution in [0.5, 0.6) is 0 Å². The minimum absolute atomic E-state index is 0.0440. The molecule has 0 atom stereocenters. The van der Waals surface area contributed by atoms with Gasteiger partial charge in [0.1, 0.15) is 0 Å². The number of carbonyl (C=O) groups is 1. The first kappa shape index (κ1) is 15.8. The van der Waals surface area contributed by atoms with Crippen molar-refractivity contribution in [3.8, 4) is 0 Å². The number of hydrogen-bond acceptors (Lipinski definition) is 2. The Balaban J connectivity index is 2.42. The lowest BCUT2D eigenvalue weighted by molar-refractivity contribution is -0.136. The van der Waals surface area contributed by atoms with Crippen molar-refractivity contribution in [3.05, 3.63) is 51.3 Å².